The fraction of sp³-hybridized carbons (Fsp3) is 0.267. The fourth-order valence-corrected chi connectivity index (χ4v) is 2.92. The molecule has 2 rings (SSSR count). The number of ether oxygens (including phenoxy) is 1. The van der Waals surface area contributed by atoms with Crippen LogP contribution in [0.15, 0.2) is 24.3 Å². The van der Waals surface area contributed by atoms with Crippen LogP contribution in [-0.2, 0) is 22.6 Å². The van der Waals surface area contributed by atoms with Gasteiger partial charge in [0, 0.05) is 12.8 Å². The Bertz CT molecular complexity index is 697. The number of carbonyl (C=O) groups is 2. The molecule has 6 nitrogen and oxygen atoms in total. The highest BCUT2D eigenvalue weighted by Gasteiger charge is 2.17. The molecule has 0 aliphatic carbocycles. The lowest BCUT2D eigenvalue weighted by molar-refractivity contribution is -0.136. The van der Waals surface area contributed by atoms with Gasteiger partial charge >= 0.3 is 5.97 Å². The van der Waals surface area contributed by atoms with E-state index in [4.69, 9.17) is 9.84 Å². The number of carboxylic acid groups (broad SMARTS) is 1. The molecule has 1 heterocycles. The molecule has 0 unspecified atom stereocenters. The van der Waals surface area contributed by atoms with Gasteiger partial charge in [0.2, 0.25) is 0 Å². The van der Waals surface area contributed by atoms with E-state index >= 15 is 0 Å². The number of nitrogens with one attached hydrogen (secondary N) is 1. The Labute approximate surface area is 131 Å². The second-order valence-corrected chi connectivity index (χ2v) is 5.72. The van der Waals surface area contributed by atoms with Crippen LogP contribution in [0.5, 0.6) is 0 Å². The number of amides is 1. The molecule has 1 aromatic carbocycles. The minimum atomic E-state index is -0.946. The highest BCUT2D eigenvalue weighted by Crippen LogP contribution is 2.22. The molecule has 0 aliphatic heterocycles. The van der Waals surface area contributed by atoms with E-state index in [2.05, 4.69) is 10.3 Å². The number of carboxylic acids is 1. The van der Waals surface area contributed by atoms with Gasteiger partial charge in [0.25, 0.3) is 5.91 Å². The first-order valence-electron chi connectivity index (χ1n) is 6.57. The molecular formula is C15H16N2O4S. The molecule has 0 fully saturated rings. The molecule has 0 saturated heterocycles. The van der Waals surface area contributed by atoms with Gasteiger partial charge in [-0.05, 0) is 18.6 Å². The smallest absolute Gasteiger partial charge is 0.307 e. The van der Waals surface area contributed by atoms with Crippen LogP contribution in [-0.4, -0.2) is 29.1 Å². The summed E-state index contributed by atoms with van der Waals surface area (Å²) in [5.74, 6) is -1.24. The summed E-state index contributed by atoms with van der Waals surface area (Å²) in [7, 11) is 1.57. The Morgan fingerprint density at radius 3 is 2.77 bits per heavy atom. The third kappa shape index (κ3) is 3.90. The number of aryl methyl sites for hydroxylation is 1. The highest BCUT2D eigenvalue weighted by molar-refractivity contribution is 7.13. The normalized spacial score (nSPS) is 10.5. The second-order valence-electron chi connectivity index (χ2n) is 4.64. The van der Waals surface area contributed by atoms with E-state index in [1.807, 2.05) is 0 Å². The van der Waals surface area contributed by atoms with Crippen molar-refractivity contribution in [1.29, 1.82) is 0 Å². The Balaban J connectivity index is 2.20. The second kappa shape index (κ2) is 7.15. The maximum atomic E-state index is 12.4. The molecule has 1 amide bonds. The van der Waals surface area contributed by atoms with Gasteiger partial charge in [0.15, 0.2) is 0 Å². The first kappa shape index (κ1) is 16.1. The molecule has 0 aliphatic rings. The molecular weight excluding hydrogens is 304 g/mol. The minimum Gasteiger partial charge on any atom is -0.481 e. The summed E-state index contributed by atoms with van der Waals surface area (Å²) in [6.45, 7) is 2.11. The van der Waals surface area contributed by atoms with Gasteiger partial charge in [-0.3, -0.25) is 9.59 Å². The quantitative estimate of drug-likeness (QED) is 0.853. The maximum absolute atomic E-state index is 12.4. The largest absolute Gasteiger partial charge is 0.481 e. The van der Waals surface area contributed by atoms with Gasteiger partial charge in [0.05, 0.1) is 18.7 Å². The zero-order chi connectivity index (χ0) is 16.1. The SMILES string of the molecule is COCc1nc(C)c(C(=O)Nc2ccccc2CC(=O)O)s1. The van der Waals surface area contributed by atoms with Crippen LogP contribution in [0.2, 0.25) is 0 Å². The number of para-hydroxylation sites is 1. The Morgan fingerprint density at radius 1 is 1.36 bits per heavy atom. The summed E-state index contributed by atoms with van der Waals surface area (Å²) in [6.07, 6.45) is -0.146. The molecule has 22 heavy (non-hydrogen) atoms. The molecule has 7 heteroatoms. The van der Waals surface area contributed by atoms with Crippen molar-refractivity contribution < 1.29 is 19.4 Å². The summed E-state index contributed by atoms with van der Waals surface area (Å²) >= 11 is 1.27. The van der Waals surface area contributed by atoms with Gasteiger partial charge < -0.3 is 15.2 Å². The van der Waals surface area contributed by atoms with Gasteiger partial charge in [-0.2, -0.15) is 0 Å². The van der Waals surface area contributed by atoms with E-state index in [-0.39, 0.29) is 12.3 Å². The zero-order valence-corrected chi connectivity index (χ0v) is 13.1. The predicted octanol–water partition coefficient (Wildman–Crippen LogP) is 2.48. The highest BCUT2D eigenvalue weighted by atomic mass is 32.1. The van der Waals surface area contributed by atoms with Crippen molar-refractivity contribution in [1.82, 2.24) is 4.98 Å². The number of aliphatic carboxylic acids is 1. The van der Waals surface area contributed by atoms with Crippen molar-refractivity contribution in [3.8, 4) is 0 Å². The predicted molar refractivity (Wildman–Crippen MR) is 83.3 cm³/mol. The third-order valence-electron chi connectivity index (χ3n) is 2.92. The zero-order valence-electron chi connectivity index (χ0n) is 12.3. The van der Waals surface area contributed by atoms with Crippen LogP contribution >= 0.6 is 11.3 Å². The van der Waals surface area contributed by atoms with Crippen molar-refractivity contribution in [2.75, 3.05) is 12.4 Å². The summed E-state index contributed by atoms with van der Waals surface area (Å²) in [4.78, 5) is 28.0. The van der Waals surface area contributed by atoms with E-state index in [0.29, 0.717) is 28.4 Å². The van der Waals surface area contributed by atoms with Crippen molar-refractivity contribution in [2.45, 2.75) is 20.0 Å². The number of hydrogen-bond acceptors (Lipinski definition) is 5. The number of benzene rings is 1. The summed E-state index contributed by atoms with van der Waals surface area (Å²) in [5.41, 5.74) is 1.68. The molecule has 1 aromatic heterocycles. The lowest BCUT2D eigenvalue weighted by Gasteiger charge is -2.09. The van der Waals surface area contributed by atoms with Crippen LogP contribution < -0.4 is 5.32 Å². The van der Waals surface area contributed by atoms with Crippen molar-refractivity contribution in [3.63, 3.8) is 0 Å². The monoisotopic (exact) mass is 320 g/mol. The number of nitrogens with zero attached hydrogens (tertiary/aromatic N) is 1. The number of hydrogen-bond donors (Lipinski definition) is 2. The topological polar surface area (TPSA) is 88.5 Å². The van der Waals surface area contributed by atoms with Crippen LogP contribution in [0.1, 0.15) is 25.9 Å². The summed E-state index contributed by atoms with van der Waals surface area (Å²) in [6, 6.07) is 6.85. The van der Waals surface area contributed by atoms with Crippen LogP contribution in [0.25, 0.3) is 0 Å². The number of anilines is 1. The average Bonchev–Trinajstić information content (AvgIpc) is 2.82. The molecule has 2 aromatic rings. The summed E-state index contributed by atoms with van der Waals surface area (Å²) < 4.78 is 5.01. The van der Waals surface area contributed by atoms with Gasteiger partial charge in [-0.1, -0.05) is 18.2 Å². The number of rotatable bonds is 6. The van der Waals surface area contributed by atoms with Crippen molar-refractivity contribution >= 4 is 28.9 Å². The number of aromatic nitrogens is 1. The van der Waals surface area contributed by atoms with Gasteiger partial charge in [-0.25, -0.2) is 4.98 Å². The molecule has 0 atom stereocenters. The van der Waals surface area contributed by atoms with Crippen LogP contribution in [0, 0.1) is 6.92 Å². The number of methoxy groups -OCH3 is 1. The van der Waals surface area contributed by atoms with E-state index in [0.717, 1.165) is 5.01 Å². The van der Waals surface area contributed by atoms with E-state index in [9.17, 15) is 9.59 Å². The third-order valence-corrected chi connectivity index (χ3v) is 4.05. The minimum absolute atomic E-state index is 0.146. The maximum Gasteiger partial charge on any atom is 0.307 e. The van der Waals surface area contributed by atoms with E-state index in [1.165, 1.54) is 11.3 Å². The molecule has 116 valence electrons. The Hall–Kier alpha value is -2.25. The molecule has 0 spiro atoms. The Kier molecular flexibility index (Phi) is 5.24. The van der Waals surface area contributed by atoms with Crippen molar-refractivity contribution in [2.24, 2.45) is 0 Å². The van der Waals surface area contributed by atoms with Crippen LogP contribution in [0.3, 0.4) is 0 Å². The molecule has 0 saturated carbocycles. The summed E-state index contributed by atoms with van der Waals surface area (Å²) in [5, 5.41) is 12.4. The van der Waals surface area contributed by atoms with E-state index < -0.39 is 5.97 Å². The lowest BCUT2D eigenvalue weighted by atomic mass is 10.1. The van der Waals surface area contributed by atoms with Gasteiger partial charge in [0.1, 0.15) is 9.88 Å². The fourth-order valence-electron chi connectivity index (χ4n) is 1.99. The number of thiazole rings is 1. The standard InChI is InChI=1S/C15H16N2O4S/c1-9-14(22-12(16-9)8-21-2)15(20)17-11-6-4-3-5-10(11)7-13(18)19/h3-6H,7-8H2,1-2H3,(H,17,20)(H,18,19). The van der Waals surface area contributed by atoms with Crippen molar-refractivity contribution in [3.05, 3.63) is 45.4 Å². The Morgan fingerprint density at radius 2 is 2.09 bits per heavy atom. The molecule has 2 N–H and O–H groups in total. The molecule has 0 bridgehead atoms. The first-order valence-corrected chi connectivity index (χ1v) is 7.39. The first-order chi connectivity index (χ1) is 10.5. The van der Waals surface area contributed by atoms with Crippen LogP contribution in [0.4, 0.5) is 5.69 Å². The molecule has 0 radical (unpaired) electrons. The van der Waals surface area contributed by atoms with Gasteiger partial charge in [-0.15, -0.1) is 11.3 Å². The average molecular weight is 320 g/mol. The number of carbonyl (C=O) groups excluding carboxylic acids is 1. The van der Waals surface area contributed by atoms with E-state index in [1.54, 1.807) is 38.3 Å². The lowest BCUT2D eigenvalue weighted by Crippen LogP contribution is -2.14.